The molecule has 25 heavy (non-hydrogen) atoms. The number of benzene rings is 1. The Labute approximate surface area is 144 Å². The van der Waals surface area contributed by atoms with Crippen LogP contribution in [0.1, 0.15) is 32.8 Å². The average molecular weight is 391 g/mol. The highest BCUT2D eigenvalue weighted by atomic mass is 32.2. The van der Waals surface area contributed by atoms with E-state index in [2.05, 4.69) is 4.72 Å². The topological polar surface area (TPSA) is 55.3 Å². The minimum atomic E-state index is -5.12. The number of aliphatic hydroxyl groups excluding tert-OH is 1. The summed E-state index contributed by atoms with van der Waals surface area (Å²) in [6, 6.07) is 2.58. The molecule has 0 saturated heterocycles. The zero-order valence-corrected chi connectivity index (χ0v) is 14.6. The van der Waals surface area contributed by atoms with Crippen LogP contribution in [-0.2, 0) is 16.9 Å². The summed E-state index contributed by atoms with van der Waals surface area (Å²) in [6.45, 7) is 2.73. The van der Waals surface area contributed by atoms with Crippen molar-refractivity contribution in [3.63, 3.8) is 0 Å². The van der Waals surface area contributed by atoms with Gasteiger partial charge in [-0.2, -0.15) is 13.2 Å². The Morgan fingerprint density at radius 2 is 1.76 bits per heavy atom. The molecule has 3 atom stereocenters. The van der Waals surface area contributed by atoms with Gasteiger partial charge in [0, 0.05) is 23.3 Å². The van der Waals surface area contributed by atoms with E-state index in [0.29, 0.717) is 6.07 Å². The quantitative estimate of drug-likeness (QED) is 0.577. The van der Waals surface area contributed by atoms with Gasteiger partial charge in [-0.15, -0.1) is 4.72 Å². The summed E-state index contributed by atoms with van der Waals surface area (Å²) in [5, 5.41) is 9.34. The molecule has 0 spiro atoms. The monoisotopic (exact) mass is 391 g/mol. The van der Waals surface area contributed by atoms with Crippen LogP contribution in [-0.4, -0.2) is 33.4 Å². The Morgan fingerprint density at radius 1 is 1.20 bits per heavy atom. The number of aliphatic hydroxyl groups is 1. The second kappa shape index (κ2) is 7.73. The van der Waals surface area contributed by atoms with Gasteiger partial charge in [0.05, 0.1) is 0 Å². The van der Waals surface area contributed by atoms with Crippen LogP contribution in [0.5, 0.6) is 0 Å². The van der Waals surface area contributed by atoms with Crippen LogP contribution in [0.15, 0.2) is 18.2 Å². The number of halogens is 6. The van der Waals surface area contributed by atoms with Crippen molar-refractivity contribution >= 4 is 11.4 Å². The van der Waals surface area contributed by atoms with E-state index in [-0.39, 0.29) is 0 Å². The summed E-state index contributed by atoms with van der Waals surface area (Å²) in [4.78, 5) is 0. The normalized spacial score (nSPS) is 17.9. The Bertz CT molecular complexity index is 568. The predicted octanol–water partition coefficient (Wildman–Crippen LogP) is 3.49. The molecular weight excluding hydrogens is 372 g/mol. The second-order valence-corrected chi connectivity index (χ2v) is 8.53. The van der Waals surface area contributed by atoms with E-state index >= 15 is 0 Å². The van der Waals surface area contributed by atoms with E-state index in [1.807, 2.05) is 0 Å². The van der Waals surface area contributed by atoms with Crippen LogP contribution in [0.4, 0.5) is 26.3 Å². The molecule has 0 aromatic heterocycles. The minimum absolute atomic E-state index is 0.711. The Balaban J connectivity index is 3.45. The zero-order valence-electron chi connectivity index (χ0n) is 13.8. The standard InChI is InChI=1S/C15H19F6NO2S/c1-13(2,3)25(24)22-14(8-16,7-11(23)15(19,20)21)9-5-4-6-10(17)12(9)18/h4-6,11,22-23H,7-8H2,1-3H3/t11-,14?,25-/m1/s1. The van der Waals surface area contributed by atoms with Crippen LogP contribution >= 0.6 is 0 Å². The lowest BCUT2D eigenvalue weighted by atomic mass is 9.86. The highest BCUT2D eigenvalue weighted by Gasteiger charge is 2.50. The zero-order chi connectivity index (χ0) is 19.6. The first kappa shape index (κ1) is 22.1. The van der Waals surface area contributed by atoms with Crippen LogP contribution < -0.4 is 4.72 Å². The number of rotatable bonds is 6. The number of nitrogens with one attached hydrogen (secondary N) is 1. The lowest BCUT2D eigenvalue weighted by Crippen LogP contribution is -2.55. The lowest BCUT2D eigenvalue weighted by molar-refractivity contribution is -0.210. The molecule has 0 aliphatic carbocycles. The number of hydrogen-bond donors (Lipinski definition) is 2. The van der Waals surface area contributed by atoms with Gasteiger partial charge in [-0.25, -0.2) is 13.2 Å². The van der Waals surface area contributed by atoms with Crippen LogP contribution in [0.2, 0.25) is 0 Å². The summed E-state index contributed by atoms with van der Waals surface area (Å²) in [7, 11) is 0. The van der Waals surface area contributed by atoms with E-state index in [9.17, 15) is 36.0 Å². The fraction of sp³-hybridized carbons (Fsp3) is 0.600. The molecule has 144 valence electrons. The second-order valence-electron chi connectivity index (χ2n) is 6.56. The maximum absolute atomic E-state index is 14.1. The third kappa shape index (κ3) is 5.25. The summed E-state index contributed by atoms with van der Waals surface area (Å²) < 4.78 is 93.1. The molecule has 0 saturated carbocycles. The summed E-state index contributed by atoms with van der Waals surface area (Å²) in [5.74, 6) is -2.98. The van der Waals surface area contributed by atoms with Crippen molar-refractivity contribution in [3.05, 3.63) is 35.4 Å². The van der Waals surface area contributed by atoms with Gasteiger partial charge in [0.25, 0.3) is 0 Å². The molecule has 0 aliphatic heterocycles. The van der Waals surface area contributed by atoms with Gasteiger partial charge in [0.2, 0.25) is 0 Å². The van der Waals surface area contributed by atoms with Gasteiger partial charge in [-0.3, -0.25) is 0 Å². The molecule has 1 aromatic rings. The summed E-state index contributed by atoms with van der Waals surface area (Å²) in [5.41, 5.74) is -3.31. The molecule has 1 rings (SSSR count). The fourth-order valence-electron chi connectivity index (χ4n) is 2.01. The Morgan fingerprint density at radius 3 is 2.20 bits per heavy atom. The SMILES string of the molecule is CC(C)(C)[S@@+]([O-])NC(CF)(C[C@@H](O)C(F)(F)F)c1cccc(F)c1F. The molecule has 1 aromatic carbocycles. The molecule has 2 N–H and O–H groups in total. The molecule has 10 heteroatoms. The van der Waals surface area contributed by atoms with Gasteiger partial charge in [-0.1, -0.05) is 12.1 Å². The third-order valence-corrected chi connectivity index (χ3v) is 5.15. The average Bonchev–Trinajstić information content (AvgIpc) is 2.47. The Hall–Kier alpha value is -0.970. The maximum Gasteiger partial charge on any atom is 0.414 e. The van der Waals surface area contributed by atoms with Crippen LogP contribution in [0.3, 0.4) is 0 Å². The van der Waals surface area contributed by atoms with Gasteiger partial charge in [0.15, 0.2) is 17.7 Å². The van der Waals surface area contributed by atoms with Gasteiger partial charge >= 0.3 is 6.18 Å². The number of hydrogen-bond acceptors (Lipinski definition) is 3. The number of alkyl halides is 4. The minimum Gasteiger partial charge on any atom is -0.598 e. The first-order valence-corrected chi connectivity index (χ1v) is 8.34. The van der Waals surface area contributed by atoms with Gasteiger partial charge in [0.1, 0.15) is 17.0 Å². The van der Waals surface area contributed by atoms with E-state index in [0.717, 1.165) is 12.1 Å². The molecule has 0 bridgehead atoms. The van der Waals surface area contributed by atoms with Gasteiger partial charge < -0.3 is 9.66 Å². The van der Waals surface area contributed by atoms with E-state index in [1.165, 1.54) is 20.8 Å². The summed E-state index contributed by atoms with van der Waals surface area (Å²) in [6.07, 6.45) is -9.53. The molecule has 0 radical (unpaired) electrons. The van der Waals surface area contributed by atoms with Crippen LogP contribution in [0, 0.1) is 11.6 Å². The lowest BCUT2D eigenvalue weighted by Gasteiger charge is -2.37. The van der Waals surface area contributed by atoms with Crippen molar-refractivity contribution in [2.24, 2.45) is 0 Å². The first-order chi connectivity index (χ1) is 11.2. The molecule has 0 heterocycles. The van der Waals surface area contributed by atoms with Crippen LogP contribution in [0.25, 0.3) is 0 Å². The Kier molecular flexibility index (Phi) is 6.82. The summed E-state index contributed by atoms with van der Waals surface area (Å²) >= 11 is -2.12. The highest BCUT2D eigenvalue weighted by molar-refractivity contribution is 7.90. The molecule has 0 aliphatic rings. The third-order valence-electron chi connectivity index (χ3n) is 3.46. The van der Waals surface area contributed by atoms with Crippen molar-refractivity contribution in [2.45, 2.75) is 49.8 Å². The first-order valence-electron chi connectivity index (χ1n) is 7.19. The molecule has 3 nitrogen and oxygen atoms in total. The van der Waals surface area contributed by atoms with Gasteiger partial charge in [-0.05, 0) is 26.8 Å². The largest absolute Gasteiger partial charge is 0.598 e. The molecule has 1 unspecified atom stereocenters. The van der Waals surface area contributed by atoms with Crippen molar-refractivity contribution in [1.29, 1.82) is 0 Å². The maximum atomic E-state index is 14.1. The smallest absolute Gasteiger partial charge is 0.414 e. The van der Waals surface area contributed by atoms with E-state index in [4.69, 9.17) is 0 Å². The van der Waals surface area contributed by atoms with Crippen molar-refractivity contribution in [3.8, 4) is 0 Å². The molecular formula is C15H19F6NO2S. The van der Waals surface area contributed by atoms with E-state index in [1.54, 1.807) is 0 Å². The van der Waals surface area contributed by atoms with Crippen molar-refractivity contribution in [1.82, 2.24) is 4.72 Å². The van der Waals surface area contributed by atoms with E-state index < -0.39 is 64.2 Å². The molecule has 0 fully saturated rings. The predicted molar refractivity (Wildman–Crippen MR) is 81.7 cm³/mol. The fourth-order valence-corrected chi connectivity index (χ4v) is 2.92. The van der Waals surface area contributed by atoms with Crippen molar-refractivity contribution < 1.29 is 36.0 Å². The molecule has 0 amide bonds. The highest BCUT2D eigenvalue weighted by Crippen LogP contribution is 2.36. The van der Waals surface area contributed by atoms with Crippen molar-refractivity contribution in [2.75, 3.05) is 6.67 Å².